The molecule has 0 atom stereocenters. The summed E-state index contributed by atoms with van der Waals surface area (Å²) in [5, 5.41) is 0. The predicted octanol–water partition coefficient (Wildman–Crippen LogP) is 13.6. The fourth-order valence-corrected chi connectivity index (χ4v) is 8.78. The van der Waals surface area contributed by atoms with Crippen LogP contribution in [0.4, 0.5) is 0 Å². The molecule has 68 heavy (non-hydrogen) atoms. The van der Waals surface area contributed by atoms with Gasteiger partial charge in [-0.15, -0.1) is 0 Å². The summed E-state index contributed by atoms with van der Waals surface area (Å²) in [6.45, 7) is 14.8. The molecule has 0 amide bonds. The average Bonchev–Trinajstić information content (AvgIpc) is 3.39. The minimum atomic E-state index is -2.51. The van der Waals surface area contributed by atoms with Crippen molar-refractivity contribution in [2.24, 2.45) is 28.2 Å². The second-order valence-corrected chi connectivity index (χ2v) is 18.2. The molecule has 0 aliphatic rings. The summed E-state index contributed by atoms with van der Waals surface area (Å²) in [4.78, 5) is 0. The van der Waals surface area contributed by atoms with Crippen molar-refractivity contribution < 1.29 is 34.7 Å². The molecule has 352 valence electrons. The van der Waals surface area contributed by atoms with Crippen molar-refractivity contribution in [3.63, 3.8) is 0 Å². The van der Waals surface area contributed by atoms with Crippen molar-refractivity contribution in [2.45, 2.75) is 110 Å². The van der Waals surface area contributed by atoms with Crippen LogP contribution in [0.25, 0.3) is 45.0 Å². The maximum absolute atomic E-state index is 7.81. The molecule has 0 bridgehead atoms. The standard InChI is InChI=1S/4C16H20N/c2*1-11-8-6-7-9-15(11)16-10-12(2)13(3)14(4)17(16)5;2*1-11-8-6-7-9-15(11)16-13(3)10-12(2)14(4)17(16)5/h4*6-10H,1-5H3/q4*+1/i3D3,4D3;;2D3,4D3;. The smallest absolute Gasteiger partial charge is 0.198 e. The number of rotatable bonds is 4. The van der Waals surface area contributed by atoms with Gasteiger partial charge in [-0.1, -0.05) is 72.8 Å². The van der Waals surface area contributed by atoms with E-state index in [1.807, 2.05) is 62.4 Å². The third-order valence-corrected chi connectivity index (χ3v) is 13.6. The second kappa shape index (κ2) is 22.5. The van der Waals surface area contributed by atoms with Gasteiger partial charge in [0, 0.05) is 112 Å². The van der Waals surface area contributed by atoms with E-state index >= 15 is 0 Å². The van der Waals surface area contributed by atoms with Crippen molar-refractivity contribution in [3.8, 4) is 45.0 Å². The van der Waals surface area contributed by atoms with Gasteiger partial charge in [-0.25, -0.2) is 0 Å². The fraction of sp³-hybridized carbons (Fsp3) is 0.312. The van der Waals surface area contributed by atoms with E-state index in [1.54, 1.807) is 34.0 Å². The Balaban J connectivity index is 0.000000198. The van der Waals surface area contributed by atoms with Crippen molar-refractivity contribution in [3.05, 3.63) is 211 Å². The van der Waals surface area contributed by atoms with Crippen LogP contribution in [0.5, 0.6) is 0 Å². The van der Waals surface area contributed by atoms with Gasteiger partial charge in [0.05, 0.1) is 0 Å². The van der Waals surface area contributed by atoms with Gasteiger partial charge in [-0.3, -0.25) is 0 Å². The van der Waals surface area contributed by atoms with Gasteiger partial charge < -0.3 is 0 Å². The molecule has 0 saturated carbocycles. The van der Waals surface area contributed by atoms with Crippen LogP contribution in [-0.2, 0) is 28.2 Å². The van der Waals surface area contributed by atoms with Crippen molar-refractivity contribution in [1.29, 1.82) is 0 Å². The monoisotopic (exact) mass is 917 g/mol. The quantitative estimate of drug-likeness (QED) is 0.156. The molecular formula is C64H80N4+4. The van der Waals surface area contributed by atoms with Gasteiger partial charge >= 0.3 is 0 Å². The maximum Gasteiger partial charge on any atom is 0.215 e. The van der Waals surface area contributed by atoms with E-state index in [4.69, 9.17) is 16.4 Å². The van der Waals surface area contributed by atoms with Crippen LogP contribution in [0.3, 0.4) is 0 Å². The van der Waals surface area contributed by atoms with Gasteiger partial charge in [-0.05, 0) is 153 Å². The molecule has 4 heteroatoms. The van der Waals surface area contributed by atoms with E-state index in [2.05, 4.69) is 139 Å². The predicted molar refractivity (Wildman–Crippen MR) is 288 cm³/mol. The van der Waals surface area contributed by atoms with E-state index in [-0.39, 0.29) is 22.5 Å². The molecule has 8 aromatic rings. The highest BCUT2D eigenvalue weighted by Crippen LogP contribution is 2.27. The first-order valence-corrected chi connectivity index (χ1v) is 23.2. The van der Waals surface area contributed by atoms with Gasteiger partial charge in [-0.2, -0.15) is 18.3 Å². The maximum atomic E-state index is 7.81. The first-order chi connectivity index (χ1) is 36.9. The molecule has 0 aliphatic heterocycles. The first kappa shape index (κ1) is 37.5. The molecule has 0 spiro atoms. The zero-order chi connectivity index (χ0) is 60.3. The Morgan fingerprint density at radius 2 is 0.647 bits per heavy atom. The average molecular weight is 917 g/mol. The largest absolute Gasteiger partial charge is 0.215 e. The van der Waals surface area contributed by atoms with Crippen LogP contribution in [0.15, 0.2) is 121 Å². The lowest BCUT2D eigenvalue weighted by molar-refractivity contribution is -0.667. The lowest BCUT2D eigenvalue weighted by atomic mass is 9.99. The Hall–Kier alpha value is -6.52. The molecular weight excluding hydrogens is 825 g/mol. The minimum Gasteiger partial charge on any atom is -0.198 e. The van der Waals surface area contributed by atoms with E-state index in [9.17, 15) is 0 Å². The highest BCUT2D eigenvalue weighted by molar-refractivity contribution is 5.66. The summed E-state index contributed by atoms with van der Waals surface area (Å²) in [6, 6.07) is 40.2. The zero-order valence-corrected chi connectivity index (χ0v) is 43.3. The topological polar surface area (TPSA) is 15.5 Å². The molecule has 4 nitrogen and oxygen atoms in total. The van der Waals surface area contributed by atoms with Crippen molar-refractivity contribution in [2.75, 3.05) is 0 Å². The Labute approximate surface area is 428 Å². The highest BCUT2D eigenvalue weighted by atomic mass is 15.0. The van der Waals surface area contributed by atoms with Crippen LogP contribution < -0.4 is 18.3 Å². The summed E-state index contributed by atoms with van der Waals surface area (Å²) in [5.41, 5.74) is 22.0. The summed E-state index contributed by atoms with van der Waals surface area (Å²) < 4.78 is 101. The SMILES string of the molecule is Cc1ccccc1-c1c(C)cc(C)c(C)[n+]1C.Cc1ccccc1-c1cc(C)c(C)c(C)[n+]1C.[2H]C([2H])([2H])c1c(C)cc(-c2ccccc2C)[n+](C)c1C([2H])([2H])[2H].[2H]C([2H])([2H])c1cc(C)c(-c2ccccc2C)[n+](C)c1C([2H])([2H])[2H]. The van der Waals surface area contributed by atoms with E-state index < -0.39 is 27.4 Å². The summed E-state index contributed by atoms with van der Waals surface area (Å²) in [7, 11) is 7.52. The molecule has 4 aromatic carbocycles. The minimum absolute atomic E-state index is 0.0858. The third-order valence-electron chi connectivity index (χ3n) is 13.6. The van der Waals surface area contributed by atoms with Gasteiger partial charge in [0.2, 0.25) is 22.8 Å². The normalized spacial score (nSPS) is 14.0. The molecule has 4 aromatic heterocycles. The molecule has 4 heterocycles. The number of aromatic nitrogens is 4. The fourth-order valence-electron chi connectivity index (χ4n) is 8.78. The summed E-state index contributed by atoms with van der Waals surface area (Å²) >= 11 is 0. The number of nitrogens with zero attached hydrogens (tertiary/aromatic N) is 4. The van der Waals surface area contributed by atoms with E-state index in [0.717, 1.165) is 33.5 Å². The zero-order valence-electron chi connectivity index (χ0n) is 55.3. The molecule has 0 fully saturated rings. The number of aryl methyl sites for hydroxylation is 10. The van der Waals surface area contributed by atoms with E-state index in [1.165, 1.54) is 82.5 Å². The van der Waals surface area contributed by atoms with Gasteiger partial charge in [0.1, 0.15) is 28.2 Å². The lowest BCUT2D eigenvalue weighted by Crippen LogP contribution is -2.36. The molecule has 0 N–H and O–H groups in total. The Morgan fingerprint density at radius 3 is 1.04 bits per heavy atom. The number of hydrogen-bond acceptors (Lipinski definition) is 0. The van der Waals surface area contributed by atoms with Crippen LogP contribution in [-0.4, -0.2) is 0 Å². The van der Waals surface area contributed by atoms with Gasteiger partial charge in [0.15, 0.2) is 22.8 Å². The van der Waals surface area contributed by atoms with Gasteiger partial charge in [0.25, 0.3) is 0 Å². The Bertz CT molecular complexity index is 3570. The van der Waals surface area contributed by atoms with Crippen LogP contribution in [0.1, 0.15) is 106 Å². The highest BCUT2D eigenvalue weighted by Gasteiger charge is 2.22. The Kier molecular flexibility index (Phi) is 12.4. The van der Waals surface area contributed by atoms with Crippen molar-refractivity contribution in [1.82, 2.24) is 0 Å². The molecule has 8 rings (SSSR count). The molecule has 0 saturated heterocycles. The summed E-state index contributed by atoms with van der Waals surface area (Å²) in [5.74, 6) is 0. The number of hydrogen-bond donors (Lipinski definition) is 0. The van der Waals surface area contributed by atoms with Crippen LogP contribution in [0.2, 0.25) is 0 Å². The first-order valence-electron chi connectivity index (χ1n) is 29.2. The Morgan fingerprint density at radius 1 is 0.279 bits per heavy atom. The number of benzene rings is 4. The molecule has 0 aliphatic carbocycles. The lowest BCUT2D eigenvalue weighted by Gasteiger charge is -2.10. The number of pyridine rings is 4. The second-order valence-electron chi connectivity index (χ2n) is 18.2. The third kappa shape index (κ3) is 11.4. The van der Waals surface area contributed by atoms with Crippen LogP contribution in [0, 0.1) is 110 Å². The van der Waals surface area contributed by atoms with Crippen molar-refractivity contribution >= 4 is 0 Å². The molecule has 0 unspecified atom stereocenters. The molecule has 0 radical (unpaired) electrons. The van der Waals surface area contributed by atoms with E-state index in [0.29, 0.717) is 11.3 Å². The summed E-state index contributed by atoms with van der Waals surface area (Å²) in [6.07, 6.45) is 0. The van der Waals surface area contributed by atoms with Crippen LogP contribution >= 0.6 is 0 Å².